The van der Waals surface area contributed by atoms with E-state index in [1.54, 1.807) is 0 Å². The number of nitrogens with one attached hydrogen (secondary N) is 1. The Morgan fingerprint density at radius 3 is 3.13 bits per heavy atom. The molecule has 1 aromatic rings. The second-order valence-corrected chi connectivity index (χ2v) is 4.69. The van der Waals surface area contributed by atoms with Gasteiger partial charge in [0.25, 0.3) is 0 Å². The first-order valence-corrected chi connectivity index (χ1v) is 5.56. The summed E-state index contributed by atoms with van der Waals surface area (Å²) in [5, 5.41) is 3.31. The maximum absolute atomic E-state index is 4.31. The van der Waals surface area contributed by atoms with E-state index in [9.17, 15) is 0 Å². The monoisotopic (exact) mass is 202 g/mol. The summed E-state index contributed by atoms with van der Waals surface area (Å²) in [7, 11) is 0. The highest BCUT2D eigenvalue weighted by Crippen LogP contribution is 2.31. The van der Waals surface area contributed by atoms with Crippen molar-refractivity contribution in [3.63, 3.8) is 0 Å². The van der Waals surface area contributed by atoms with E-state index < -0.39 is 0 Å². The normalized spacial score (nSPS) is 19.9. The van der Waals surface area contributed by atoms with Crippen LogP contribution in [0, 0.1) is 11.8 Å². The molecule has 1 aliphatic heterocycles. The minimum absolute atomic E-state index is 0.557. The number of hydrogen-bond acceptors (Lipinski definition) is 2. The molecule has 2 heterocycles. The van der Waals surface area contributed by atoms with Crippen LogP contribution in [-0.2, 0) is 6.42 Å². The lowest BCUT2D eigenvalue weighted by molar-refractivity contribution is 0.452. The van der Waals surface area contributed by atoms with Crippen LogP contribution in [0.3, 0.4) is 0 Å². The average molecular weight is 202 g/mol. The smallest absolute Gasteiger partial charge is 0.133 e. The summed E-state index contributed by atoms with van der Waals surface area (Å²) in [4.78, 5) is 4.31. The molecule has 2 rings (SSSR count). The van der Waals surface area contributed by atoms with Crippen molar-refractivity contribution in [2.75, 3.05) is 5.32 Å². The van der Waals surface area contributed by atoms with E-state index >= 15 is 0 Å². The SMILES string of the molecule is C=C1Nc2ncccc2CC1CC(C)C. The van der Waals surface area contributed by atoms with Crippen LogP contribution in [0.2, 0.25) is 0 Å². The van der Waals surface area contributed by atoms with Gasteiger partial charge in [-0.25, -0.2) is 4.98 Å². The molecule has 0 fully saturated rings. The summed E-state index contributed by atoms with van der Waals surface area (Å²) < 4.78 is 0. The third-order valence-corrected chi connectivity index (χ3v) is 2.89. The maximum atomic E-state index is 4.31. The molecule has 0 aliphatic carbocycles. The highest BCUT2D eigenvalue weighted by Gasteiger charge is 2.22. The van der Waals surface area contributed by atoms with Crippen LogP contribution in [0.15, 0.2) is 30.6 Å². The van der Waals surface area contributed by atoms with Crippen molar-refractivity contribution >= 4 is 5.82 Å². The van der Waals surface area contributed by atoms with Crippen molar-refractivity contribution in [2.45, 2.75) is 26.7 Å². The second kappa shape index (κ2) is 4.05. The summed E-state index contributed by atoms with van der Waals surface area (Å²) in [5.74, 6) is 2.26. The maximum Gasteiger partial charge on any atom is 0.133 e. The van der Waals surface area contributed by atoms with Gasteiger partial charge >= 0.3 is 0 Å². The lowest BCUT2D eigenvalue weighted by Crippen LogP contribution is -2.22. The fourth-order valence-corrected chi connectivity index (χ4v) is 2.15. The third kappa shape index (κ3) is 2.20. The van der Waals surface area contributed by atoms with E-state index in [2.05, 4.69) is 36.8 Å². The molecule has 0 spiro atoms. The van der Waals surface area contributed by atoms with Gasteiger partial charge < -0.3 is 5.32 Å². The molecule has 80 valence electrons. The fourth-order valence-electron chi connectivity index (χ4n) is 2.15. The number of hydrogen-bond donors (Lipinski definition) is 1. The van der Waals surface area contributed by atoms with Gasteiger partial charge in [-0.15, -0.1) is 0 Å². The summed E-state index contributed by atoms with van der Waals surface area (Å²) in [6.07, 6.45) is 4.09. The van der Waals surface area contributed by atoms with Crippen LogP contribution in [0.5, 0.6) is 0 Å². The quantitative estimate of drug-likeness (QED) is 0.796. The van der Waals surface area contributed by atoms with Crippen molar-refractivity contribution < 1.29 is 0 Å². The molecule has 1 aliphatic rings. The molecule has 0 bridgehead atoms. The largest absolute Gasteiger partial charge is 0.344 e. The van der Waals surface area contributed by atoms with Gasteiger partial charge in [-0.3, -0.25) is 0 Å². The number of allylic oxidation sites excluding steroid dienone is 1. The van der Waals surface area contributed by atoms with Crippen LogP contribution < -0.4 is 5.32 Å². The Bertz CT molecular complexity index is 369. The predicted molar refractivity (Wildman–Crippen MR) is 63.6 cm³/mol. The molecule has 1 aromatic heterocycles. The van der Waals surface area contributed by atoms with E-state index in [4.69, 9.17) is 0 Å². The molecule has 1 atom stereocenters. The highest BCUT2D eigenvalue weighted by molar-refractivity contribution is 5.52. The van der Waals surface area contributed by atoms with Gasteiger partial charge in [0.2, 0.25) is 0 Å². The molecule has 0 saturated carbocycles. The minimum Gasteiger partial charge on any atom is -0.344 e. The van der Waals surface area contributed by atoms with Gasteiger partial charge in [-0.1, -0.05) is 26.5 Å². The van der Waals surface area contributed by atoms with Gasteiger partial charge in [0.15, 0.2) is 0 Å². The summed E-state index contributed by atoms with van der Waals surface area (Å²) >= 11 is 0. The molecule has 0 saturated heterocycles. The van der Waals surface area contributed by atoms with Crippen LogP contribution in [-0.4, -0.2) is 4.98 Å². The van der Waals surface area contributed by atoms with Crippen molar-refractivity contribution in [1.29, 1.82) is 0 Å². The lowest BCUT2D eigenvalue weighted by atomic mass is 9.86. The van der Waals surface area contributed by atoms with Gasteiger partial charge in [0.1, 0.15) is 5.82 Å². The fraction of sp³-hybridized carbons (Fsp3) is 0.462. The number of rotatable bonds is 2. The van der Waals surface area contributed by atoms with Gasteiger partial charge in [-0.05, 0) is 30.4 Å². The van der Waals surface area contributed by atoms with E-state index in [1.165, 1.54) is 12.0 Å². The van der Waals surface area contributed by atoms with Crippen LogP contribution in [0.25, 0.3) is 0 Å². The molecular formula is C13H18N2. The van der Waals surface area contributed by atoms with Gasteiger partial charge in [-0.2, -0.15) is 0 Å². The van der Waals surface area contributed by atoms with Crippen LogP contribution >= 0.6 is 0 Å². The third-order valence-electron chi connectivity index (χ3n) is 2.89. The first-order chi connectivity index (χ1) is 7.16. The van der Waals surface area contributed by atoms with Crippen LogP contribution in [0.4, 0.5) is 5.82 Å². The number of aromatic nitrogens is 1. The molecule has 1 unspecified atom stereocenters. The molecule has 15 heavy (non-hydrogen) atoms. The van der Waals surface area contributed by atoms with Gasteiger partial charge in [0, 0.05) is 17.8 Å². The van der Waals surface area contributed by atoms with E-state index in [0.29, 0.717) is 11.8 Å². The molecule has 0 radical (unpaired) electrons. The topological polar surface area (TPSA) is 24.9 Å². The number of anilines is 1. The van der Waals surface area contributed by atoms with Crippen molar-refractivity contribution in [1.82, 2.24) is 4.98 Å². The number of fused-ring (bicyclic) bond motifs is 1. The van der Waals surface area contributed by atoms with Crippen molar-refractivity contribution in [3.8, 4) is 0 Å². The molecular weight excluding hydrogens is 184 g/mol. The second-order valence-electron chi connectivity index (χ2n) is 4.69. The van der Waals surface area contributed by atoms with Crippen LogP contribution in [0.1, 0.15) is 25.8 Å². The molecule has 0 amide bonds. The Morgan fingerprint density at radius 1 is 1.60 bits per heavy atom. The van der Waals surface area contributed by atoms with E-state index in [1.807, 2.05) is 12.3 Å². The first kappa shape index (κ1) is 10.2. The van der Waals surface area contributed by atoms with Crippen molar-refractivity contribution in [3.05, 3.63) is 36.2 Å². The summed E-state index contributed by atoms with van der Waals surface area (Å²) in [6, 6.07) is 4.15. The number of nitrogens with zero attached hydrogens (tertiary/aromatic N) is 1. The average Bonchev–Trinajstić information content (AvgIpc) is 2.18. The standard InChI is InChI=1S/C13H18N2/c1-9(2)7-12-8-11-5-4-6-14-13(11)15-10(12)3/h4-6,9,12H,3,7-8H2,1-2H3,(H,14,15). The zero-order chi connectivity index (χ0) is 10.8. The lowest BCUT2D eigenvalue weighted by Gasteiger charge is -2.28. The Balaban J connectivity index is 2.18. The molecule has 1 N–H and O–H groups in total. The minimum atomic E-state index is 0.557. The molecule has 2 nitrogen and oxygen atoms in total. The summed E-state index contributed by atoms with van der Waals surface area (Å²) in [5.41, 5.74) is 2.44. The Kier molecular flexibility index (Phi) is 2.76. The summed E-state index contributed by atoms with van der Waals surface area (Å²) in [6.45, 7) is 8.61. The Morgan fingerprint density at radius 2 is 2.40 bits per heavy atom. The Hall–Kier alpha value is -1.31. The predicted octanol–water partition coefficient (Wildman–Crippen LogP) is 3.23. The molecule has 0 aromatic carbocycles. The zero-order valence-corrected chi connectivity index (χ0v) is 9.46. The highest BCUT2D eigenvalue weighted by atomic mass is 15.0. The number of pyridine rings is 1. The van der Waals surface area contributed by atoms with Gasteiger partial charge in [0.05, 0.1) is 0 Å². The van der Waals surface area contributed by atoms with E-state index in [-0.39, 0.29) is 0 Å². The van der Waals surface area contributed by atoms with E-state index in [0.717, 1.165) is 17.9 Å². The Labute approximate surface area is 91.4 Å². The van der Waals surface area contributed by atoms with Crippen molar-refractivity contribution in [2.24, 2.45) is 11.8 Å². The first-order valence-electron chi connectivity index (χ1n) is 5.56. The molecule has 2 heteroatoms. The zero-order valence-electron chi connectivity index (χ0n) is 9.46.